The zero-order valence-electron chi connectivity index (χ0n) is 8.73. The number of rotatable bonds is 9. The Balaban J connectivity index is 4.63. The van der Waals surface area contributed by atoms with Crippen LogP contribution in [0, 0.1) is 0 Å². The molecule has 0 saturated carbocycles. The van der Waals surface area contributed by atoms with Crippen LogP contribution in [0.3, 0.4) is 0 Å². The Morgan fingerprint density at radius 3 is 1.00 bits per heavy atom. The molecule has 0 rings (SSSR count). The molecule has 0 heterocycles. The van der Waals surface area contributed by atoms with Gasteiger partial charge in [-0.25, -0.2) is 0 Å². The van der Waals surface area contributed by atoms with Gasteiger partial charge in [0.25, 0.3) is 0 Å². The van der Waals surface area contributed by atoms with E-state index in [1.54, 1.807) is 0 Å². The summed E-state index contributed by atoms with van der Waals surface area (Å²) in [6.07, 6.45) is 1.77. The summed E-state index contributed by atoms with van der Waals surface area (Å²) in [7, 11) is 10.0. The molecule has 0 saturated heterocycles. The molecule has 0 nitrogen and oxygen atoms in total. The number of halogens is 8. The molecule has 0 N–H and O–H groups in total. The van der Waals surface area contributed by atoms with E-state index >= 15 is 0 Å². The Labute approximate surface area is 151 Å². The van der Waals surface area contributed by atoms with Crippen LogP contribution in [0.5, 0.6) is 0 Å². The Bertz CT molecular complexity index is 213. The maximum absolute atomic E-state index is 6.76. The number of alkyl halides is 6. The summed E-state index contributed by atoms with van der Waals surface area (Å²) in [6.45, 7) is 1.03. The third-order valence-corrected chi connectivity index (χ3v) is 43.1. The van der Waals surface area contributed by atoms with Crippen LogP contribution >= 0.6 is 110 Å². The Morgan fingerprint density at radius 2 is 0.833 bits per heavy atom. The second-order valence-corrected chi connectivity index (χ2v) is 51.7. The molecule has 3 unspecified atom stereocenters. The van der Waals surface area contributed by atoms with Crippen molar-refractivity contribution in [2.24, 2.45) is 0 Å². The van der Waals surface area contributed by atoms with E-state index in [2.05, 4.69) is 0 Å². The van der Waals surface area contributed by atoms with Crippen molar-refractivity contribution in [3.63, 3.8) is 0 Å². The van der Waals surface area contributed by atoms with Gasteiger partial charge in [0.05, 0.1) is 0 Å². The molecule has 0 aliphatic carbocycles. The van der Waals surface area contributed by atoms with Crippen LogP contribution in [-0.2, 0) is 10.2 Å². The van der Waals surface area contributed by atoms with Crippen molar-refractivity contribution >= 4 is 110 Å². The first-order valence-electron chi connectivity index (χ1n) is 4.39. The summed E-state index contributed by atoms with van der Waals surface area (Å²) >= 11 is 34.5. The normalized spacial score (nSPS) is 17.4. The van der Waals surface area contributed by atoms with Crippen molar-refractivity contribution in [3.05, 3.63) is 0 Å². The topological polar surface area (TPSA) is 0 Å². The third kappa shape index (κ3) is 11.8. The van der Waals surface area contributed by atoms with E-state index in [-0.39, 0.29) is 0 Å². The minimum absolute atomic E-state index is 0.343. The fourth-order valence-electron chi connectivity index (χ4n) is 0.676. The standard InChI is InChI=1S/3C2H4Cl2P.2ClH.Ru/c3*3-2(4)1-5;;;/h3*2,5H,1H2;2*1H;/q3*-1;;;+5/p-2. The van der Waals surface area contributed by atoms with Gasteiger partial charge in [0, 0.05) is 0 Å². The van der Waals surface area contributed by atoms with Crippen molar-refractivity contribution in [2.45, 2.75) is 14.5 Å². The number of hydrogen-bond donors (Lipinski definition) is 0. The van der Waals surface area contributed by atoms with Crippen LogP contribution in [0.1, 0.15) is 0 Å². The van der Waals surface area contributed by atoms with Gasteiger partial charge >= 0.3 is 153 Å². The molecular formula is C6H12Cl8P3Ru. The molecule has 115 valence electrons. The van der Waals surface area contributed by atoms with E-state index < -0.39 is 24.7 Å². The molecule has 0 radical (unpaired) electrons. The molecule has 0 aromatic carbocycles. The summed E-state index contributed by atoms with van der Waals surface area (Å²) in [5, 5.41) is 0. The van der Waals surface area contributed by atoms with Gasteiger partial charge in [-0.3, -0.25) is 0 Å². The molecule has 0 aromatic heterocycles. The van der Waals surface area contributed by atoms with Gasteiger partial charge in [0.15, 0.2) is 0 Å². The summed E-state index contributed by atoms with van der Waals surface area (Å²) in [5.41, 5.74) is 0. The van der Waals surface area contributed by atoms with Crippen LogP contribution in [0.2, 0.25) is 0 Å². The monoisotopic (exact) mass is 559 g/mol. The first-order valence-corrected chi connectivity index (χ1v) is 22.5. The van der Waals surface area contributed by atoms with E-state index in [0.717, 1.165) is 0 Å². The first kappa shape index (κ1) is 22.2. The van der Waals surface area contributed by atoms with Crippen LogP contribution < -0.4 is 0 Å². The van der Waals surface area contributed by atoms with Gasteiger partial charge in [-0.05, 0) is 0 Å². The molecule has 12 heteroatoms. The predicted molar refractivity (Wildman–Crippen MR) is 97.7 cm³/mol. The van der Waals surface area contributed by atoms with Crippen molar-refractivity contribution in [1.29, 1.82) is 0 Å². The molecule has 0 aliphatic heterocycles. The van der Waals surface area contributed by atoms with Gasteiger partial charge in [-0.1, -0.05) is 0 Å². The second kappa shape index (κ2) is 10.2. The van der Waals surface area contributed by atoms with Crippen LogP contribution in [0.15, 0.2) is 0 Å². The molecule has 0 spiro atoms. The fourth-order valence-corrected chi connectivity index (χ4v) is 36.0. The molecule has 18 heavy (non-hydrogen) atoms. The van der Waals surface area contributed by atoms with E-state index in [4.69, 9.17) is 89.0 Å². The van der Waals surface area contributed by atoms with Crippen LogP contribution in [-0.4, -0.2) is 33.0 Å². The average Bonchev–Trinajstić information content (AvgIpc) is 2.23. The Morgan fingerprint density at radius 1 is 0.611 bits per heavy atom. The molecular weight excluding hydrogens is 550 g/mol. The van der Waals surface area contributed by atoms with Crippen LogP contribution in [0.25, 0.3) is 0 Å². The molecule has 0 fully saturated rings. The number of hydrogen-bond acceptors (Lipinski definition) is 0. The van der Waals surface area contributed by atoms with Gasteiger partial charge in [0.2, 0.25) is 0 Å². The first-order chi connectivity index (χ1) is 8.03. The van der Waals surface area contributed by atoms with Crippen LogP contribution in [0.4, 0.5) is 0 Å². The van der Waals surface area contributed by atoms with Gasteiger partial charge in [-0.2, -0.15) is 0 Å². The summed E-state index contributed by atoms with van der Waals surface area (Å²) in [6, 6.07) is 0. The Hall–Kier alpha value is 4.23. The van der Waals surface area contributed by atoms with E-state index in [0.29, 0.717) is 39.2 Å². The molecule has 0 amide bonds. The minimum atomic E-state index is -3.46. The van der Waals surface area contributed by atoms with Crippen molar-refractivity contribution in [1.82, 2.24) is 0 Å². The molecule has 0 aromatic rings. The fraction of sp³-hybridized carbons (Fsp3) is 1.00. The van der Waals surface area contributed by atoms with E-state index in [1.165, 1.54) is 0 Å². The van der Waals surface area contributed by atoms with Gasteiger partial charge in [0.1, 0.15) is 0 Å². The molecule has 0 bridgehead atoms. The van der Waals surface area contributed by atoms with E-state index in [9.17, 15) is 0 Å². The quantitative estimate of drug-likeness (QED) is 0.159. The third-order valence-electron chi connectivity index (χ3n) is 1.34. The summed E-state index contributed by atoms with van der Waals surface area (Å²) in [5.74, 6) is 0. The maximum atomic E-state index is 6.76. The molecule has 3 atom stereocenters. The summed E-state index contributed by atoms with van der Waals surface area (Å²) in [4.78, 5) is -1.37. The second-order valence-electron chi connectivity index (χ2n) is 2.88. The molecule has 0 aliphatic rings. The Kier molecular flexibility index (Phi) is 12.6. The predicted octanol–water partition coefficient (Wildman–Crippen LogP) is 7.18. The van der Waals surface area contributed by atoms with Crippen molar-refractivity contribution in [3.8, 4) is 0 Å². The van der Waals surface area contributed by atoms with Gasteiger partial charge < -0.3 is 0 Å². The van der Waals surface area contributed by atoms with Gasteiger partial charge in [-0.15, -0.1) is 0 Å². The average molecular weight is 562 g/mol. The summed E-state index contributed by atoms with van der Waals surface area (Å²) < 4.78 is 0. The van der Waals surface area contributed by atoms with Crippen molar-refractivity contribution < 1.29 is 10.2 Å². The van der Waals surface area contributed by atoms with E-state index in [1.807, 2.05) is 0 Å². The SMILES string of the molecule is ClC(Cl)C[PH][Ru]([Cl])([Cl])([PH]CC(Cl)Cl)[PH]CC(Cl)Cl. The zero-order chi connectivity index (χ0) is 14.4. The zero-order valence-corrected chi connectivity index (χ0v) is 19.5. The van der Waals surface area contributed by atoms with Crippen molar-refractivity contribution in [2.75, 3.05) is 18.5 Å².